The van der Waals surface area contributed by atoms with Crippen LogP contribution in [0.25, 0.3) is 0 Å². The SMILES string of the molecule is NCCCN1CCN(C(=O)c2ccccc2Cl)CC1. The third-order valence-corrected chi connectivity index (χ3v) is 3.77. The number of carbonyl (C=O) groups excluding carboxylic acids is 1. The molecule has 0 radical (unpaired) electrons. The largest absolute Gasteiger partial charge is 0.336 e. The lowest BCUT2D eigenvalue weighted by Crippen LogP contribution is -2.49. The lowest BCUT2D eigenvalue weighted by molar-refractivity contribution is 0.0637. The highest BCUT2D eigenvalue weighted by molar-refractivity contribution is 6.33. The molecule has 0 aliphatic carbocycles. The molecule has 5 heteroatoms. The molecule has 1 fully saturated rings. The number of halogens is 1. The topological polar surface area (TPSA) is 49.6 Å². The summed E-state index contributed by atoms with van der Waals surface area (Å²) >= 11 is 6.06. The first kappa shape index (κ1) is 14.3. The Morgan fingerprint density at radius 1 is 1.21 bits per heavy atom. The molecule has 1 saturated heterocycles. The lowest BCUT2D eigenvalue weighted by Gasteiger charge is -2.34. The molecule has 2 rings (SSSR count). The average molecular weight is 282 g/mol. The molecule has 0 spiro atoms. The Labute approximate surface area is 119 Å². The highest BCUT2D eigenvalue weighted by Gasteiger charge is 2.22. The molecule has 0 unspecified atom stereocenters. The molecule has 4 nitrogen and oxygen atoms in total. The third-order valence-electron chi connectivity index (χ3n) is 3.44. The van der Waals surface area contributed by atoms with Crippen molar-refractivity contribution in [1.82, 2.24) is 9.80 Å². The summed E-state index contributed by atoms with van der Waals surface area (Å²) in [4.78, 5) is 16.6. The molecule has 1 aliphatic rings. The standard InChI is InChI=1S/C14H20ClN3O/c15-13-5-2-1-4-12(13)14(19)18-10-8-17(9-11-18)7-3-6-16/h1-2,4-5H,3,6-11,16H2. The van der Waals surface area contributed by atoms with Gasteiger partial charge in [-0.25, -0.2) is 0 Å². The van der Waals surface area contributed by atoms with Crippen molar-refractivity contribution in [3.05, 3.63) is 34.9 Å². The molecular weight excluding hydrogens is 262 g/mol. The predicted molar refractivity (Wildman–Crippen MR) is 77.5 cm³/mol. The molecule has 1 amide bonds. The third kappa shape index (κ3) is 3.69. The monoisotopic (exact) mass is 281 g/mol. The van der Waals surface area contributed by atoms with Crippen LogP contribution in [0.15, 0.2) is 24.3 Å². The number of nitrogens with zero attached hydrogens (tertiary/aromatic N) is 2. The summed E-state index contributed by atoms with van der Waals surface area (Å²) in [6.07, 6.45) is 1.01. The molecule has 2 N–H and O–H groups in total. The minimum Gasteiger partial charge on any atom is -0.336 e. The van der Waals surface area contributed by atoms with Gasteiger partial charge in [0.2, 0.25) is 0 Å². The minimum absolute atomic E-state index is 0.0316. The van der Waals surface area contributed by atoms with Gasteiger partial charge >= 0.3 is 0 Å². The molecule has 104 valence electrons. The van der Waals surface area contributed by atoms with E-state index in [0.717, 1.165) is 45.7 Å². The molecule has 0 bridgehead atoms. The van der Waals surface area contributed by atoms with Crippen LogP contribution in [0.1, 0.15) is 16.8 Å². The predicted octanol–water partition coefficient (Wildman–Crippen LogP) is 1.45. The molecule has 0 atom stereocenters. The van der Waals surface area contributed by atoms with Crippen LogP contribution >= 0.6 is 11.6 Å². The van der Waals surface area contributed by atoms with Gasteiger partial charge in [-0.2, -0.15) is 0 Å². The Balaban J connectivity index is 1.91. The summed E-state index contributed by atoms with van der Waals surface area (Å²) < 4.78 is 0. The molecule has 1 aliphatic heterocycles. The van der Waals surface area contributed by atoms with E-state index in [1.807, 2.05) is 17.0 Å². The number of benzene rings is 1. The fourth-order valence-electron chi connectivity index (χ4n) is 2.29. The molecular formula is C14H20ClN3O. The summed E-state index contributed by atoms with van der Waals surface area (Å²) in [6.45, 7) is 5.08. The average Bonchev–Trinajstić information content (AvgIpc) is 2.45. The zero-order valence-corrected chi connectivity index (χ0v) is 11.8. The van der Waals surface area contributed by atoms with Crippen LogP contribution in [-0.4, -0.2) is 55.0 Å². The van der Waals surface area contributed by atoms with Crippen molar-refractivity contribution in [2.75, 3.05) is 39.3 Å². The number of nitrogens with two attached hydrogens (primary N) is 1. The van der Waals surface area contributed by atoms with E-state index in [1.165, 1.54) is 0 Å². The van der Waals surface area contributed by atoms with Crippen LogP contribution in [0.5, 0.6) is 0 Å². The van der Waals surface area contributed by atoms with Crippen LogP contribution in [0.3, 0.4) is 0 Å². The fourth-order valence-corrected chi connectivity index (χ4v) is 2.51. The van der Waals surface area contributed by atoms with Gasteiger partial charge in [-0.15, -0.1) is 0 Å². The quantitative estimate of drug-likeness (QED) is 0.909. The minimum atomic E-state index is 0.0316. The zero-order chi connectivity index (χ0) is 13.7. The van der Waals surface area contributed by atoms with Gasteiger partial charge in [0.15, 0.2) is 0 Å². The van der Waals surface area contributed by atoms with Crippen molar-refractivity contribution in [2.24, 2.45) is 5.73 Å². The Bertz CT molecular complexity index is 430. The van der Waals surface area contributed by atoms with Crippen molar-refractivity contribution >= 4 is 17.5 Å². The first-order valence-corrected chi connectivity index (χ1v) is 7.06. The Kier molecular flexibility index (Phi) is 5.19. The van der Waals surface area contributed by atoms with Gasteiger partial charge in [0.05, 0.1) is 10.6 Å². The van der Waals surface area contributed by atoms with Crippen LogP contribution < -0.4 is 5.73 Å². The van der Waals surface area contributed by atoms with Gasteiger partial charge in [0.1, 0.15) is 0 Å². The maximum atomic E-state index is 12.3. The van der Waals surface area contributed by atoms with Gasteiger partial charge < -0.3 is 10.6 Å². The van der Waals surface area contributed by atoms with Crippen molar-refractivity contribution in [3.8, 4) is 0 Å². The van der Waals surface area contributed by atoms with E-state index in [2.05, 4.69) is 4.90 Å². The highest BCUT2D eigenvalue weighted by Crippen LogP contribution is 2.18. The Hall–Kier alpha value is -1.10. The second kappa shape index (κ2) is 6.89. The summed E-state index contributed by atoms with van der Waals surface area (Å²) in [6, 6.07) is 7.22. The number of carbonyl (C=O) groups is 1. The summed E-state index contributed by atoms with van der Waals surface area (Å²) in [5.41, 5.74) is 6.10. The van der Waals surface area contributed by atoms with Gasteiger partial charge in [0.25, 0.3) is 5.91 Å². The number of amides is 1. The zero-order valence-electron chi connectivity index (χ0n) is 11.0. The van der Waals surface area contributed by atoms with E-state index in [4.69, 9.17) is 17.3 Å². The maximum Gasteiger partial charge on any atom is 0.255 e. The van der Waals surface area contributed by atoms with Gasteiger partial charge in [-0.3, -0.25) is 9.69 Å². The molecule has 1 aromatic rings. The number of rotatable bonds is 4. The summed E-state index contributed by atoms with van der Waals surface area (Å²) in [7, 11) is 0. The number of hydrogen-bond acceptors (Lipinski definition) is 3. The first-order chi connectivity index (χ1) is 9.22. The summed E-state index contributed by atoms with van der Waals surface area (Å²) in [5.74, 6) is 0.0316. The van der Waals surface area contributed by atoms with Crippen molar-refractivity contribution in [2.45, 2.75) is 6.42 Å². The Morgan fingerprint density at radius 2 is 1.89 bits per heavy atom. The fraction of sp³-hybridized carbons (Fsp3) is 0.500. The molecule has 0 aromatic heterocycles. The van der Waals surface area contributed by atoms with E-state index < -0.39 is 0 Å². The van der Waals surface area contributed by atoms with E-state index in [-0.39, 0.29) is 5.91 Å². The van der Waals surface area contributed by atoms with E-state index in [9.17, 15) is 4.79 Å². The van der Waals surface area contributed by atoms with Gasteiger partial charge in [-0.05, 0) is 31.6 Å². The van der Waals surface area contributed by atoms with Crippen LogP contribution in [0, 0.1) is 0 Å². The van der Waals surface area contributed by atoms with Gasteiger partial charge in [0, 0.05) is 26.2 Å². The van der Waals surface area contributed by atoms with Gasteiger partial charge in [-0.1, -0.05) is 23.7 Å². The molecule has 1 heterocycles. The lowest BCUT2D eigenvalue weighted by atomic mass is 10.2. The van der Waals surface area contributed by atoms with Crippen molar-refractivity contribution < 1.29 is 4.79 Å². The van der Waals surface area contributed by atoms with Crippen molar-refractivity contribution in [1.29, 1.82) is 0 Å². The normalized spacial score (nSPS) is 16.6. The van der Waals surface area contributed by atoms with E-state index in [0.29, 0.717) is 10.6 Å². The molecule has 19 heavy (non-hydrogen) atoms. The molecule has 1 aromatic carbocycles. The Morgan fingerprint density at radius 3 is 2.53 bits per heavy atom. The van der Waals surface area contributed by atoms with Crippen molar-refractivity contribution in [3.63, 3.8) is 0 Å². The number of piperazine rings is 1. The molecule has 0 saturated carbocycles. The number of hydrogen-bond donors (Lipinski definition) is 1. The smallest absolute Gasteiger partial charge is 0.255 e. The first-order valence-electron chi connectivity index (χ1n) is 6.68. The van der Waals surface area contributed by atoms with E-state index in [1.54, 1.807) is 12.1 Å². The second-order valence-electron chi connectivity index (χ2n) is 4.76. The maximum absolute atomic E-state index is 12.3. The van der Waals surface area contributed by atoms with Crippen LogP contribution in [0.2, 0.25) is 5.02 Å². The van der Waals surface area contributed by atoms with Crippen LogP contribution in [0.4, 0.5) is 0 Å². The second-order valence-corrected chi connectivity index (χ2v) is 5.16. The summed E-state index contributed by atoms with van der Waals surface area (Å²) in [5, 5.41) is 0.526. The highest BCUT2D eigenvalue weighted by atomic mass is 35.5. The van der Waals surface area contributed by atoms with E-state index >= 15 is 0 Å². The van der Waals surface area contributed by atoms with Crippen LogP contribution in [-0.2, 0) is 0 Å².